The van der Waals surface area contributed by atoms with Crippen LogP contribution in [0.3, 0.4) is 0 Å². The molecule has 1 aromatic rings. The van der Waals surface area contributed by atoms with E-state index in [4.69, 9.17) is 14.3 Å². The maximum absolute atomic E-state index is 12.0. The van der Waals surface area contributed by atoms with E-state index in [0.717, 1.165) is 12.8 Å². The van der Waals surface area contributed by atoms with Gasteiger partial charge in [-0.15, -0.1) is 0 Å². The van der Waals surface area contributed by atoms with Crippen molar-refractivity contribution in [3.8, 4) is 0 Å². The number of amides is 1. The summed E-state index contributed by atoms with van der Waals surface area (Å²) in [5, 5.41) is 0.448. The lowest BCUT2D eigenvalue weighted by molar-refractivity contribution is -0.130. The summed E-state index contributed by atoms with van der Waals surface area (Å²) in [7, 11) is 0. The Morgan fingerprint density at radius 3 is 2.75 bits per heavy atom. The van der Waals surface area contributed by atoms with Gasteiger partial charge in [-0.3, -0.25) is 4.79 Å². The zero-order valence-corrected chi connectivity index (χ0v) is 9.78. The lowest BCUT2D eigenvalue weighted by Crippen LogP contribution is -2.27. The molecule has 0 saturated carbocycles. The second-order valence-corrected chi connectivity index (χ2v) is 4.29. The van der Waals surface area contributed by atoms with Gasteiger partial charge in [-0.2, -0.15) is 0 Å². The molecule has 1 aliphatic heterocycles. The van der Waals surface area contributed by atoms with E-state index in [-0.39, 0.29) is 5.91 Å². The van der Waals surface area contributed by atoms with Gasteiger partial charge in [0.15, 0.2) is 0 Å². The molecule has 1 amide bonds. The fraction of sp³-hybridized carbons (Fsp3) is 0.462. The van der Waals surface area contributed by atoms with Crippen LogP contribution in [0, 0.1) is 0 Å². The number of hydrogen-bond donors (Lipinski definition) is 0. The number of nitrogens with zero attached hydrogens (tertiary/aromatic N) is 1. The SMILES string of the molecule is [2H]C(C(=O)N1CCCC1)C([2H])c1ccccc1Cl. The summed E-state index contributed by atoms with van der Waals surface area (Å²) >= 11 is 6.00. The molecule has 1 heterocycles. The minimum atomic E-state index is -1.09. The largest absolute Gasteiger partial charge is 0.343 e. The van der Waals surface area contributed by atoms with Crippen molar-refractivity contribution in [1.29, 1.82) is 0 Å². The number of likely N-dealkylation sites (tertiary alicyclic amines) is 1. The van der Waals surface area contributed by atoms with Gasteiger partial charge < -0.3 is 4.90 Å². The average Bonchev–Trinajstić information content (AvgIpc) is 2.90. The van der Waals surface area contributed by atoms with Crippen molar-refractivity contribution in [2.75, 3.05) is 13.1 Å². The molecule has 0 N–H and O–H groups in total. The van der Waals surface area contributed by atoms with Crippen molar-refractivity contribution in [3.63, 3.8) is 0 Å². The molecule has 3 heteroatoms. The Morgan fingerprint density at radius 2 is 2.06 bits per heavy atom. The van der Waals surface area contributed by atoms with Gasteiger partial charge in [0.1, 0.15) is 0 Å². The summed E-state index contributed by atoms with van der Waals surface area (Å²) in [6.07, 6.45) is -0.0322. The van der Waals surface area contributed by atoms with E-state index in [1.165, 1.54) is 0 Å². The summed E-state index contributed by atoms with van der Waals surface area (Å²) in [6, 6.07) is 6.94. The monoisotopic (exact) mass is 239 g/mol. The molecule has 0 spiro atoms. The van der Waals surface area contributed by atoms with Crippen molar-refractivity contribution in [1.82, 2.24) is 4.90 Å². The Balaban J connectivity index is 2.10. The Morgan fingerprint density at radius 1 is 1.38 bits per heavy atom. The molecular formula is C13H16ClNO. The maximum Gasteiger partial charge on any atom is 0.222 e. The number of rotatable bonds is 3. The van der Waals surface area contributed by atoms with E-state index in [0.29, 0.717) is 23.7 Å². The minimum absolute atomic E-state index is 0.257. The van der Waals surface area contributed by atoms with Crippen LogP contribution in [0.1, 0.15) is 27.5 Å². The van der Waals surface area contributed by atoms with Crippen molar-refractivity contribution < 1.29 is 7.54 Å². The fourth-order valence-corrected chi connectivity index (χ4v) is 2.01. The molecule has 0 radical (unpaired) electrons. The third kappa shape index (κ3) is 2.76. The third-order valence-corrected chi connectivity index (χ3v) is 3.07. The zero-order valence-electron chi connectivity index (χ0n) is 11.0. The molecule has 1 aromatic carbocycles. The highest BCUT2D eigenvalue weighted by atomic mass is 35.5. The first-order chi connectivity index (χ1) is 8.61. The molecule has 1 fully saturated rings. The van der Waals surface area contributed by atoms with Crippen LogP contribution in [0.15, 0.2) is 24.3 Å². The van der Waals surface area contributed by atoms with Gasteiger partial charge in [0.2, 0.25) is 5.91 Å². The first-order valence-electron chi connectivity index (χ1n) is 6.64. The van der Waals surface area contributed by atoms with Crippen LogP contribution in [0.5, 0.6) is 0 Å². The molecule has 1 saturated heterocycles. The molecular weight excluding hydrogens is 222 g/mol. The minimum Gasteiger partial charge on any atom is -0.343 e. The summed E-state index contributed by atoms with van der Waals surface area (Å²) in [5.41, 5.74) is 0.548. The highest BCUT2D eigenvalue weighted by Crippen LogP contribution is 2.17. The van der Waals surface area contributed by atoms with Crippen LogP contribution >= 0.6 is 11.6 Å². The second-order valence-electron chi connectivity index (χ2n) is 3.89. The topological polar surface area (TPSA) is 20.3 Å². The Bertz CT molecular complexity index is 435. The number of benzene rings is 1. The normalized spacial score (nSPS) is 21.2. The predicted molar refractivity (Wildman–Crippen MR) is 65.6 cm³/mol. The summed E-state index contributed by atoms with van der Waals surface area (Å²) < 4.78 is 16.0. The Labute approximate surface area is 104 Å². The number of hydrogen-bond acceptors (Lipinski definition) is 1. The average molecular weight is 240 g/mol. The lowest BCUT2D eigenvalue weighted by Gasteiger charge is -2.15. The van der Waals surface area contributed by atoms with Gasteiger partial charge in [0, 0.05) is 27.3 Å². The molecule has 16 heavy (non-hydrogen) atoms. The van der Waals surface area contributed by atoms with Gasteiger partial charge >= 0.3 is 0 Å². The van der Waals surface area contributed by atoms with E-state index in [2.05, 4.69) is 0 Å². The lowest BCUT2D eigenvalue weighted by atomic mass is 10.1. The van der Waals surface area contributed by atoms with E-state index in [1.54, 1.807) is 29.2 Å². The molecule has 2 atom stereocenters. The van der Waals surface area contributed by atoms with Crippen LogP contribution in [0.2, 0.25) is 5.02 Å². The summed E-state index contributed by atoms with van der Waals surface area (Å²) in [6.45, 7) is 1.42. The second kappa shape index (κ2) is 5.35. The standard InChI is InChI=1S/C13H16ClNO/c14-12-6-2-1-5-11(12)7-8-13(16)15-9-3-4-10-15/h1-2,5-6H,3-4,7-10H2/i7D,8D. The van der Waals surface area contributed by atoms with E-state index >= 15 is 0 Å². The van der Waals surface area contributed by atoms with Gasteiger partial charge in [0.25, 0.3) is 0 Å². The highest BCUT2D eigenvalue weighted by Gasteiger charge is 2.17. The zero-order chi connectivity index (χ0) is 13.1. The molecule has 0 aliphatic carbocycles. The van der Waals surface area contributed by atoms with Gasteiger partial charge in [-0.25, -0.2) is 0 Å². The first kappa shape index (κ1) is 9.06. The molecule has 2 unspecified atom stereocenters. The molecule has 86 valence electrons. The van der Waals surface area contributed by atoms with Gasteiger partial charge in [-0.05, 0) is 30.9 Å². The summed E-state index contributed by atoms with van der Waals surface area (Å²) in [4.78, 5) is 13.7. The Hall–Kier alpha value is -1.02. The molecule has 2 rings (SSSR count). The van der Waals surface area contributed by atoms with E-state index in [1.807, 2.05) is 0 Å². The summed E-state index contributed by atoms with van der Waals surface area (Å²) in [5.74, 6) is -0.257. The number of halogens is 1. The van der Waals surface area contributed by atoms with Gasteiger partial charge in [-0.1, -0.05) is 29.8 Å². The quantitative estimate of drug-likeness (QED) is 0.794. The number of carbonyl (C=O) groups is 1. The molecule has 1 aliphatic rings. The maximum atomic E-state index is 12.0. The van der Waals surface area contributed by atoms with Crippen molar-refractivity contribution in [2.24, 2.45) is 0 Å². The first-order valence-corrected chi connectivity index (χ1v) is 5.87. The third-order valence-electron chi connectivity index (χ3n) is 2.73. The number of aryl methyl sites for hydroxylation is 1. The van der Waals surface area contributed by atoms with E-state index < -0.39 is 12.8 Å². The van der Waals surface area contributed by atoms with Crippen LogP contribution < -0.4 is 0 Å². The highest BCUT2D eigenvalue weighted by molar-refractivity contribution is 6.31. The number of carbonyl (C=O) groups excluding carboxylic acids is 1. The predicted octanol–water partition coefficient (Wildman–Crippen LogP) is 2.90. The van der Waals surface area contributed by atoms with Crippen molar-refractivity contribution in [3.05, 3.63) is 34.9 Å². The van der Waals surface area contributed by atoms with Gasteiger partial charge in [0.05, 0.1) is 0 Å². The Kier molecular flexibility index (Phi) is 3.03. The van der Waals surface area contributed by atoms with Crippen LogP contribution in [-0.4, -0.2) is 23.9 Å². The van der Waals surface area contributed by atoms with Crippen LogP contribution in [0.25, 0.3) is 0 Å². The van der Waals surface area contributed by atoms with Crippen LogP contribution in [0.4, 0.5) is 0 Å². The van der Waals surface area contributed by atoms with Crippen LogP contribution in [-0.2, 0) is 11.2 Å². The molecule has 2 nitrogen and oxygen atoms in total. The van der Waals surface area contributed by atoms with Crippen molar-refractivity contribution in [2.45, 2.75) is 25.6 Å². The van der Waals surface area contributed by atoms with Crippen molar-refractivity contribution >= 4 is 17.5 Å². The smallest absolute Gasteiger partial charge is 0.222 e. The fourth-order valence-electron chi connectivity index (χ4n) is 1.81. The molecule has 0 bridgehead atoms. The molecule has 0 aromatic heterocycles. The van der Waals surface area contributed by atoms with E-state index in [9.17, 15) is 4.79 Å².